The first kappa shape index (κ1) is 17.2. The molecule has 2 unspecified atom stereocenters. The van der Waals surface area contributed by atoms with Gasteiger partial charge in [0.25, 0.3) is 0 Å². The number of rotatable bonds is 5. The van der Waals surface area contributed by atoms with E-state index in [9.17, 15) is 9.90 Å². The van der Waals surface area contributed by atoms with Crippen molar-refractivity contribution in [1.82, 2.24) is 9.88 Å². The van der Waals surface area contributed by atoms with Crippen molar-refractivity contribution < 1.29 is 9.90 Å². The van der Waals surface area contributed by atoms with Gasteiger partial charge in [-0.15, -0.1) is 0 Å². The van der Waals surface area contributed by atoms with Crippen LogP contribution in [0.3, 0.4) is 0 Å². The zero-order chi connectivity index (χ0) is 17.1. The number of halogens is 2. The zero-order valence-electron chi connectivity index (χ0n) is 13.0. The van der Waals surface area contributed by atoms with Crippen molar-refractivity contribution in [3.05, 3.63) is 63.9 Å². The Labute approximate surface area is 151 Å². The number of pyridine rings is 1. The lowest BCUT2D eigenvalue weighted by Gasteiger charge is -2.31. The number of carboxylic acid groups (broad SMARTS) is 1. The predicted molar refractivity (Wildman–Crippen MR) is 94.5 cm³/mol. The molecule has 2 atom stereocenters. The third kappa shape index (κ3) is 3.72. The number of carboxylic acids is 1. The lowest BCUT2D eigenvalue weighted by molar-refractivity contribution is -0.143. The summed E-state index contributed by atoms with van der Waals surface area (Å²) in [5, 5.41) is 10.5. The van der Waals surface area contributed by atoms with Crippen LogP contribution in [0.2, 0.25) is 10.0 Å². The van der Waals surface area contributed by atoms with Crippen molar-refractivity contribution in [3.8, 4) is 0 Å². The summed E-state index contributed by atoms with van der Waals surface area (Å²) in [5.41, 5.74) is 1.88. The molecule has 24 heavy (non-hydrogen) atoms. The van der Waals surface area contributed by atoms with Gasteiger partial charge in [-0.25, -0.2) is 0 Å². The summed E-state index contributed by atoms with van der Waals surface area (Å²) in [6.45, 7) is 0.745. The van der Waals surface area contributed by atoms with Gasteiger partial charge in [-0.05, 0) is 49.2 Å². The van der Waals surface area contributed by atoms with Gasteiger partial charge in [0.2, 0.25) is 0 Å². The summed E-state index contributed by atoms with van der Waals surface area (Å²) in [6, 6.07) is 10.7. The van der Waals surface area contributed by atoms with Gasteiger partial charge in [-0.2, -0.15) is 0 Å². The molecular weight excluding hydrogens is 347 g/mol. The topological polar surface area (TPSA) is 53.4 Å². The summed E-state index contributed by atoms with van der Waals surface area (Å²) < 4.78 is 0. The lowest BCUT2D eigenvalue weighted by Crippen LogP contribution is -2.39. The first-order valence-corrected chi connectivity index (χ1v) is 8.65. The minimum Gasteiger partial charge on any atom is -0.480 e. The van der Waals surface area contributed by atoms with E-state index >= 15 is 0 Å². The molecule has 0 saturated carbocycles. The van der Waals surface area contributed by atoms with E-state index in [-0.39, 0.29) is 6.04 Å². The molecule has 2 heterocycles. The molecule has 1 aromatic carbocycles. The van der Waals surface area contributed by atoms with Gasteiger partial charge < -0.3 is 5.11 Å². The maximum Gasteiger partial charge on any atom is 0.320 e. The summed E-state index contributed by atoms with van der Waals surface area (Å²) in [4.78, 5) is 18.0. The summed E-state index contributed by atoms with van der Waals surface area (Å²) in [7, 11) is 0. The average molecular weight is 365 g/mol. The maximum atomic E-state index is 11.6. The third-order valence-corrected chi connectivity index (χ3v) is 5.18. The van der Waals surface area contributed by atoms with Crippen LogP contribution in [-0.4, -0.2) is 33.5 Å². The second kappa shape index (κ2) is 7.51. The van der Waals surface area contributed by atoms with Crippen LogP contribution in [-0.2, 0) is 11.2 Å². The molecule has 126 valence electrons. The van der Waals surface area contributed by atoms with Crippen LogP contribution < -0.4 is 0 Å². The van der Waals surface area contributed by atoms with Crippen molar-refractivity contribution in [2.45, 2.75) is 31.3 Å². The van der Waals surface area contributed by atoms with E-state index < -0.39 is 12.0 Å². The Balaban J connectivity index is 1.96. The highest BCUT2D eigenvalue weighted by atomic mass is 35.5. The minimum atomic E-state index is -0.779. The van der Waals surface area contributed by atoms with E-state index in [0.29, 0.717) is 22.9 Å². The van der Waals surface area contributed by atoms with Crippen LogP contribution in [0.4, 0.5) is 0 Å². The molecule has 0 radical (unpaired) electrons. The molecule has 0 amide bonds. The molecule has 4 nitrogen and oxygen atoms in total. The smallest absolute Gasteiger partial charge is 0.320 e. The number of benzene rings is 1. The number of carbonyl (C=O) groups is 1. The first-order valence-electron chi connectivity index (χ1n) is 7.89. The van der Waals surface area contributed by atoms with Crippen molar-refractivity contribution in [2.24, 2.45) is 0 Å². The predicted octanol–water partition coefficient (Wildman–Crippen LogP) is 4.22. The zero-order valence-corrected chi connectivity index (χ0v) is 14.5. The van der Waals surface area contributed by atoms with Crippen molar-refractivity contribution >= 4 is 29.2 Å². The quantitative estimate of drug-likeness (QED) is 0.862. The maximum absolute atomic E-state index is 11.6. The van der Waals surface area contributed by atoms with Crippen LogP contribution in [0.5, 0.6) is 0 Å². The number of aliphatic carboxylic acids is 1. The van der Waals surface area contributed by atoms with Crippen LogP contribution in [0.1, 0.15) is 30.1 Å². The largest absolute Gasteiger partial charge is 0.480 e. The number of hydrogen-bond acceptors (Lipinski definition) is 3. The van der Waals surface area contributed by atoms with Gasteiger partial charge in [0.05, 0.1) is 10.0 Å². The Morgan fingerprint density at radius 2 is 2.12 bits per heavy atom. The Morgan fingerprint density at radius 1 is 1.29 bits per heavy atom. The Hall–Kier alpha value is -1.62. The normalized spacial score (nSPS) is 19.3. The highest BCUT2D eigenvalue weighted by Gasteiger charge is 2.36. The average Bonchev–Trinajstić information content (AvgIpc) is 3.06. The first-order chi connectivity index (χ1) is 11.6. The van der Waals surface area contributed by atoms with Gasteiger partial charge >= 0.3 is 5.97 Å². The van der Waals surface area contributed by atoms with Crippen LogP contribution in [0.15, 0.2) is 42.6 Å². The second-order valence-electron chi connectivity index (χ2n) is 5.95. The number of nitrogens with zero attached hydrogens (tertiary/aromatic N) is 2. The fourth-order valence-corrected chi connectivity index (χ4v) is 3.60. The van der Waals surface area contributed by atoms with Gasteiger partial charge in [-0.1, -0.05) is 35.3 Å². The highest BCUT2D eigenvalue weighted by molar-refractivity contribution is 6.42. The highest BCUT2D eigenvalue weighted by Crippen LogP contribution is 2.34. The van der Waals surface area contributed by atoms with Crippen molar-refractivity contribution in [3.63, 3.8) is 0 Å². The molecular formula is C18H18Cl2N2O2. The van der Waals surface area contributed by atoms with E-state index in [0.717, 1.165) is 24.2 Å². The molecule has 0 bridgehead atoms. The van der Waals surface area contributed by atoms with Crippen LogP contribution >= 0.6 is 23.2 Å². The van der Waals surface area contributed by atoms with Crippen LogP contribution in [0.25, 0.3) is 0 Å². The van der Waals surface area contributed by atoms with Gasteiger partial charge in [0.15, 0.2) is 0 Å². The summed E-state index contributed by atoms with van der Waals surface area (Å²) in [6.07, 6.45) is 3.91. The van der Waals surface area contributed by atoms with Crippen molar-refractivity contribution in [2.75, 3.05) is 6.54 Å². The van der Waals surface area contributed by atoms with E-state index in [1.165, 1.54) is 0 Å². The lowest BCUT2D eigenvalue weighted by atomic mass is 9.99. The second-order valence-corrected chi connectivity index (χ2v) is 6.76. The monoisotopic (exact) mass is 364 g/mol. The molecule has 1 aromatic heterocycles. The Morgan fingerprint density at radius 3 is 2.79 bits per heavy atom. The third-order valence-electron chi connectivity index (χ3n) is 4.44. The molecule has 0 spiro atoms. The van der Waals surface area contributed by atoms with Gasteiger partial charge in [-0.3, -0.25) is 14.7 Å². The van der Waals surface area contributed by atoms with E-state index in [4.69, 9.17) is 23.2 Å². The molecule has 2 aromatic rings. The van der Waals surface area contributed by atoms with Crippen molar-refractivity contribution in [1.29, 1.82) is 0 Å². The standard InChI is InChI=1S/C18H18Cl2N2O2/c19-14-7-6-12(10-15(14)20)17(11-13-4-1-2-8-21-13)22-9-3-5-16(22)18(23)24/h1-2,4,6-8,10,16-17H,3,5,9,11H2,(H,23,24). The minimum absolute atomic E-state index is 0.0988. The summed E-state index contributed by atoms with van der Waals surface area (Å²) in [5.74, 6) is -0.779. The summed E-state index contributed by atoms with van der Waals surface area (Å²) >= 11 is 12.2. The SMILES string of the molecule is O=C(O)C1CCCN1C(Cc1ccccn1)c1ccc(Cl)c(Cl)c1. The number of likely N-dealkylation sites (tertiary alicyclic amines) is 1. The molecule has 6 heteroatoms. The molecule has 1 fully saturated rings. The Kier molecular flexibility index (Phi) is 5.39. The van der Waals surface area contributed by atoms with E-state index in [1.807, 2.05) is 35.2 Å². The number of hydrogen-bond donors (Lipinski definition) is 1. The number of aromatic nitrogens is 1. The molecule has 1 aliphatic rings. The van der Waals surface area contributed by atoms with E-state index in [2.05, 4.69) is 4.98 Å². The molecule has 0 aliphatic carbocycles. The van der Waals surface area contributed by atoms with Crippen LogP contribution in [0, 0.1) is 0 Å². The molecule has 1 saturated heterocycles. The molecule has 3 rings (SSSR count). The molecule has 1 N–H and O–H groups in total. The Bertz CT molecular complexity index is 724. The fraction of sp³-hybridized carbons (Fsp3) is 0.333. The van der Waals surface area contributed by atoms with Gasteiger partial charge in [0, 0.05) is 24.4 Å². The fourth-order valence-electron chi connectivity index (χ4n) is 3.29. The van der Waals surface area contributed by atoms with E-state index in [1.54, 1.807) is 12.3 Å². The van der Waals surface area contributed by atoms with Gasteiger partial charge in [0.1, 0.15) is 6.04 Å². The molecule has 1 aliphatic heterocycles.